The van der Waals surface area contributed by atoms with E-state index < -0.39 is 5.41 Å². The van der Waals surface area contributed by atoms with Crippen molar-refractivity contribution < 1.29 is 9.15 Å². The van der Waals surface area contributed by atoms with Gasteiger partial charge in [0, 0.05) is 44.0 Å². The second kappa shape index (κ2) is 13.6. The third-order valence-corrected chi connectivity index (χ3v) is 14.6. The SMILES string of the molecule is c1ccc2c(c1)Oc1ccc(N(c3ccc4c(c3)c3ccccc3n4-c3cccc4ccccc34)c3cccc4oc5ccccc5c34)cc1C21c2ccccc2-c2cccc3cccc1c23. The largest absolute Gasteiger partial charge is 0.457 e. The zero-order valence-corrected chi connectivity index (χ0v) is 36.2. The van der Waals surface area contributed by atoms with Crippen LogP contribution in [0.15, 0.2) is 235 Å². The number of ether oxygens (including phenoxy) is 1. The smallest absolute Gasteiger partial charge is 0.137 e. The van der Waals surface area contributed by atoms with E-state index in [1.165, 1.54) is 54.6 Å². The van der Waals surface area contributed by atoms with Gasteiger partial charge in [0.15, 0.2) is 0 Å². The van der Waals surface area contributed by atoms with Gasteiger partial charge in [-0.15, -0.1) is 0 Å². The first kappa shape index (κ1) is 36.5. The molecule has 0 saturated carbocycles. The minimum absolute atomic E-state index is 0.694. The van der Waals surface area contributed by atoms with Crippen molar-refractivity contribution in [3.8, 4) is 28.3 Å². The van der Waals surface area contributed by atoms with Crippen LogP contribution in [-0.2, 0) is 5.41 Å². The Kier molecular flexibility index (Phi) is 7.40. The molecule has 67 heavy (non-hydrogen) atoms. The zero-order valence-electron chi connectivity index (χ0n) is 36.2. The molecular formula is C63H38N2O2. The highest BCUT2D eigenvalue weighted by atomic mass is 16.5. The maximum atomic E-state index is 7.01. The van der Waals surface area contributed by atoms with Gasteiger partial charge in [-0.2, -0.15) is 0 Å². The number of rotatable bonds is 4. The molecule has 1 spiro atoms. The molecule has 312 valence electrons. The summed E-state index contributed by atoms with van der Waals surface area (Å²) in [6, 6.07) is 83.9. The minimum atomic E-state index is -0.694. The Bertz CT molecular complexity index is 4220. The lowest BCUT2D eigenvalue weighted by molar-refractivity contribution is 0.435. The van der Waals surface area contributed by atoms with E-state index in [-0.39, 0.29) is 0 Å². The van der Waals surface area contributed by atoms with E-state index in [2.05, 4.69) is 234 Å². The summed E-state index contributed by atoms with van der Waals surface area (Å²) in [6.07, 6.45) is 0. The molecule has 13 aromatic rings. The van der Waals surface area contributed by atoms with Gasteiger partial charge in [-0.05, 0) is 111 Å². The monoisotopic (exact) mass is 854 g/mol. The predicted molar refractivity (Wildman–Crippen MR) is 275 cm³/mol. The predicted octanol–water partition coefficient (Wildman–Crippen LogP) is 16.9. The van der Waals surface area contributed by atoms with Gasteiger partial charge in [0.1, 0.15) is 22.7 Å². The molecule has 1 atom stereocenters. The Hall–Kier alpha value is -8.86. The van der Waals surface area contributed by atoms with Crippen LogP contribution in [0.5, 0.6) is 11.5 Å². The van der Waals surface area contributed by atoms with E-state index >= 15 is 0 Å². The van der Waals surface area contributed by atoms with E-state index in [9.17, 15) is 0 Å². The minimum Gasteiger partial charge on any atom is -0.457 e. The topological polar surface area (TPSA) is 30.5 Å². The third-order valence-electron chi connectivity index (χ3n) is 14.6. The highest BCUT2D eigenvalue weighted by molar-refractivity contribution is 6.15. The van der Waals surface area contributed by atoms with Gasteiger partial charge in [0.05, 0.1) is 33.2 Å². The molecule has 0 radical (unpaired) electrons. The van der Waals surface area contributed by atoms with E-state index in [1.54, 1.807) is 0 Å². The van der Waals surface area contributed by atoms with Crippen molar-refractivity contribution in [2.24, 2.45) is 0 Å². The fourth-order valence-corrected chi connectivity index (χ4v) is 11.9. The van der Waals surface area contributed by atoms with Crippen molar-refractivity contribution in [2.75, 3.05) is 4.90 Å². The summed E-state index contributed by atoms with van der Waals surface area (Å²) < 4.78 is 16.0. The van der Waals surface area contributed by atoms with Gasteiger partial charge < -0.3 is 18.6 Å². The maximum absolute atomic E-state index is 7.01. The molecule has 2 aliphatic rings. The van der Waals surface area contributed by atoms with E-state index in [4.69, 9.17) is 9.15 Å². The maximum Gasteiger partial charge on any atom is 0.137 e. The number of hydrogen-bond donors (Lipinski definition) is 0. The molecule has 0 amide bonds. The standard InChI is InChI=1S/C63H38N2O2/c1-2-19-43-39(15-1)16-13-28-53(43)65-54-27-8-4-21-45(54)48-37-41(33-35-55(48)65)64(56-29-14-32-60-62(56)47-22-5-9-30-57(47)66-60)42-34-36-59-52(38-42)63(50-25-7-10-31-58(50)67-59)49-24-6-3-20-44(49)46-23-11-17-40-18-12-26-51(63)61(40)46/h1-38H. The van der Waals surface area contributed by atoms with Crippen LogP contribution in [0.4, 0.5) is 17.1 Å². The Morgan fingerprint density at radius 1 is 0.373 bits per heavy atom. The fraction of sp³-hybridized carbons (Fsp3) is 0.0159. The number of benzene rings is 11. The van der Waals surface area contributed by atoms with Crippen LogP contribution in [0.1, 0.15) is 22.3 Å². The summed E-state index contributed by atoms with van der Waals surface area (Å²) in [5, 5.41) is 9.43. The molecule has 4 nitrogen and oxygen atoms in total. The summed E-state index contributed by atoms with van der Waals surface area (Å²) in [7, 11) is 0. The first-order valence-corrected chi connectivity index (χ1v) is 23.0. The van der Waals surface area contributed by atoms with Crippen LogP contribution < -0.4 is 9.64 Å². The average Bonchev–Trinajstić information content (AvgIpc) is 3.94. The Labute approximate surface area is 385 Å². The number of furan rings is 1. The van der Waals surface area contributed by atoms with E-state index in [1.807, 2.05) is 6.07 Å². The average molecular weight is 855 g/mol. The van der Waals surface area contributed by atoms with Gasteiger partial charge in [0.25, 0.3) is 0 Å². The Morgan fingerprint density at radius 2 is 1.00 bits per heavy atom. The summed E-state index contributed by atoms with van der Waals surface area (Å²) in [5.41, 5.74) is 14.8. The van der Waals surface area contributed by atoms with E-state index in [0.29, 0.717) is 0 Å². The number of para-hydroxylation sites is 3. The van der Waals surface area contributed by atoms with Gasteiger partial charge in [-0.3, -0.25) is 0 Å². The Balaban J connectivity index is 1.04. The quantitative estimate of drug-likeness (QED) is 0.177. The van der Waals surface area contributed by atoms with Crippen molar-refractivity contribution in [1.29, 1.82) is 0 Å². The first-order valence-electron chi connectivity index (χ1n) is 23.0. The van der Waals surface area contributed by atoms with Crippen molar-refractivity contribution >= 4 is 82.4 Å². The molecule has 3 heterocycles. The lowest BCUT2D eigenvalue weighted by Crippen LogP contribution is -2.36. The van der Waals surface area contributed by atoms with Crippen LogP contribution in [0.2, 0.25) is 0 Å². The molecule has 0 fully saturated rings. The van der Waals surface area contributed by atoms with Crippen molar-refractivity contribution in [3.63, 3.8) is 0 Å². The van der Waals surface area contributed by atoms with E-state index in [0.717, 1.165) is 78.3 Å². The molecule has 0 saturated heterocycles. The van der Waals surface area contributed by atoms with Gasteiger partial charge in [-0.25, -0.2) is 0 Å². The summed E-state index contributed by atoms with van der Waals surface area (Å²) in [4.78, 5) is 2.44. The zero-order chi connectivity index (χ0) is 43.8. The van der Waals surface area contributed by atoms with Crippen molar-refractivity contribution in [3.05, 3.63) is 253 Å². The van der Waals surface area contributed by atoms with Crippen LogP contribution in [0.3, 0.4) is 0 Å². The third kappa shape index (κ3) is 4.91. The van der Waals surface area contributed by atoms with Crippen molar-refractivity contribution in [1.82, 2.24) is 4.57 Å². The number of anilines is 3. The molecule has 1 aliphatic heterocycles. The molecule has 0 bridgehead atoms. The molecule has 4 heteroatoms. The summed E-state index contributed by atoms with van der Waals surface area (Å²) >= 11 is 0. The number of aromatic nitrogens is 1. The number of fused-ring (bicyclic) bond motifs is 15. The normalized spacial score (nSPS) is 14.7. The fourth-order valence-electron chi connectivity index (χ4n) is 11.9. The van der Waals surface area contributed by atoms with Crippen LogP contribution in [-0.4, -0.2) is 4.57 Å². The van der Waals surface area contributed by atoms with Crippen LogP contribution in [0, 0.1) is 0 Å². The summed E-state index contributed by atoms with van der Waals surface area (Å²) in [5.74, 6) is 1.71. The van der Waals surface area contributed by atoms with Crippen LogP contribution in [0.25, 0.3) is 82.1 Å². The summed E-state index contributed by atoms with van der Waals surface area (Å²) in [6.45, 7) is 0. The van der Waals surface area contributed by atoms with Gasteiger partial charge in [0.2, 0.25) is 0 Å². The Morgan fingerprint density at radius 3 is 1.94 bits per heavy atom. The second-order valence-corrected chi connectivity index (χ2v) is 17.9. The van der Waals surface area contributed by atoms with Gasteiger partial charge in [-0.1, -0.05) is 158 Å². The number of nitrogens with zero attached hydrogens (tertiary/aromatic N) is 2. The molecular weight excluding hydrogens is 817 g/mol. The lowest BCUT2D eigenvalue weighted by atomic mass is 9.58. The molecule has 1 unspecified atom stereocenters. The molecule has 15 rings (SSSR count). The lowest BCUT2D eigenvalue weighted by Gasteiger charge is -2.45. The molecule has 0 N–H and O–H groups in total. The van der Waals surface area contributed by atoms with Gasteiger partial charge >= 0.3 is 0 Å². The highest BCUT2D eigenvalue weighted by Crippen LogP contribution is 2.62. The molecule has 1 aliphatic carbocycles. The first-order chi connectivity index (χ1) is 33.2. The highest BCUT2D eigenvalue weighted by Gasteiger charge is 2.49. The second-order valence-electron chi connectivity index (χ2n) is 17.9. The van der Waals surface area contributed by atoms with Crippen LogP contribution >= 0.6 is 0 Å². The van der Waals surface area contributed by atoms with Crippen molar-refractivity contribution in [2.45, 2.75) is 5.41 Å². The number of hydrogen-bond acceptors (Lipinski definition) is 3. The molecule has 11 aromatic carbocycles. The molecule has 2 aromatic heterocycles.